The molecule has 0 bridgehead atoms. The van der Waals surface area contributed by atoms with Crippen LogP contribution in [0.25, 0.3) is 0 Å². The van der Waals surface area contributed by atoms with Gasteiger partial charge in [0.15, 0.2) is 0 Å². The minimum Gasteiger partial charge on any atom is -0.348 e. The van der Waals surface area contributed by atoms with Crippen LogP contribution < -0.4 is 5.32 Å². The summed E-state index contributed by atoms with van der Waals surface area (Å²) in [5, 5.41) is 2.59. The number of amides is 1. The Morgan fingerprint density at radius 2 is 2.07 bits per heavy atom. The maximum atomic E-state index is 11.3. The maximum absolute atomic E-state index is 11.3. The maximum Gasteiger partial charge on any atom is 0.262 e. The number of hydrogen-bond donors (Lipinski definition) is 1. The van der Waals surface area contributed by atoms with E-state index in [9.17, 15) is 13.2 Å². The molecule has 0 atom stereocenters. The number of carbonyl (C=O) groups is 1. The predicted octanol–water partition coefficient (Wildman–Crippen LogP) is 1.62. The average molecular weight is 311 g/mol. The van der Waals surface area contributed by atoms with Crippen LogP contribution in [0, 0.1) is 0 Å². The molecular weight excluding hydrogens is 306 g/mol. The molecule has 0 saturated heterocycles. The van der Waals surface area contributed by atoms with Crippen LogP contribution in [0.1, 0.15) is 15.9 Å². The topological polar surface area (TPSA) is 63.2 Å². The first-order chi connectivity index (χ1) is 6.89. The van der Waals surface area contributed by atoms with Crippen molar-refractivity contribution in [3.63, 3.8) is 0 Å². The summed E-state index contributed by atoms with van der Waals surface area (Å²) in [7, 11) is 1.39. The van der Waals surface area contributed by atoms with Crippen molar-refractivity contribution in [1.82, 2.24) is 5.32 Å². The van der Waals surface area contributed by atoms with E-state index in [-0.39, 0.29) is 10.8 Å². The number of nitrogens with one attached hydrogen (secondary N) is 1. The van der Waals surface area contributed by atoms with Gasteiger partial charge in [0.05, 0.1) is 4.90 Å². The quantitative estimate of drug-likeness (QED) is 0.802. The van der Waals surface area contributed by atoms with Gasteiger partial charge >= 0.3 is 0 Å². The van der Waals surface area contributed by atoms with Crippen molar-refractivity contribution in [2.75, 3.05) is 0 Å². The molecule has 0 aliphatic carbocycles. The highest BCUT2D eigenvalue weighted by Crippen LogP contribution is 2.30. The number of halogens is 2. The van der Waals surface area contributed by atoms with Crippen LogP contribution in [0.5, 0.6) is 0 Å². The zero-order chi connectivity index (χ0) is 11.2. The molecule has 0 saturated carbocycles. The minimum absolute atomic E-state index is 0.0834. The van der Waals surface area contributed by atoms with Crippen molar-refractivity contribution in [2.45, 2.75) is 11.4 Å². The van der Waals surface area contributed by atoms with Gasteiger partial charge in [0, 0.05) is 27.3 Å². The van der Waals surface area contributed by atoms with Gasteiger partial charge in [-0.05, 0) is 33.6 Å². The van der Waals surface area contributed by atoms with E-state index >= 15 is 0 Å². The molecule has 0 aromatic heterocycles. The standard InChI is InChI=1S/C8H5BrClNO3S/c9-6-1-4-3-11-8(12)5(4)2-7(6)15(10,13)14/h1-2H,3H2,(H,11,12). The Kier molecular flexibility index (Phi) is 2.52. The van der Waals surface area contributed by atoms with Crippen LogP contribution in [-0.2, 0) is 15.6 Å². The molecule has 1 N–H and O–H groups in total. The fourth-order valence-electron chi connectivity index (χ4n) is 1.41. The van der Waals surface area contributed by atoms with Crippen molar-refractivity contribution in [3.05, 3.63) is 27.7 Å². The van der Waals surface area contributed by atoms with Crippen LogP contribution in [0.4, 0.5) is 0 Å². The predicted molar refractivity (Wildman–Crippen MR) is 58.4 cm³/mol. The van der Waals surface area contributed by atoms with Crippen molar-refractivity contribution < 1.29 is 13.2 Å². The molecule has 1 aromatic rings. The second-order valence-corrected chi connectivity index (χ2v) is 6.45. The summed E-state index contributed by atoms with van der Waals surface area (Å²) < 4.78 is 22.7. The molecule has 4 nitrogen and oxygen atoms in total. The van der Waals surface area contributed by atoms with Gasteiger partial charge in [0.1, 0.15) is 0 Å². The normalized spacial score (nSPS) is 14.9. The summed E-state index contributed by atoms with van der Waals surface area (Å²) in [4.78, 5) is 11.2. The van der Waals surface area contributed by atoms with Gasteiger partial charge in [-0.2, -0.15) is 0 Å². The highest BCUT2D eigenvalue weighted by molar-refractivity contribution is 9.10. The molecule has 15 heavy (non-hydrogen) atoms. The lowest BCUT2D eigenvalue weighted by Crippen LogP contribution is -2.12. The Balaban J connectivity index is 2.71. The van der Waals surface area contributed by atoms with Gasteiger partial charge in [0.2, 0.25) is 0 Å². The molecule has 7 heteroatoms. The zero-order valence-corrected chi connectivity index (χ0v) is 10.4. The molecule has 0 spiro atoms. The van der Waals surface area contributed by atoms with E-state index in [1.165, 1.54) is 6.07 Å². The number of rotatable bonds is 1. The van der Waals surface area contributed by atoms with E-state index in [1.54, 1.807) is 6.07 Å². The third-order valence-electron chi connectivity index (χ3n) is 2.10. The zero-order valence-electron chi connectivity index (χ0n) is 7.25. The highest BCUT2D eigenvalue weighted by atomic mass is 79.9. The van der Waals surface area contributed by atoms with E-state index in [4.69, 9.17) is 10.7 Å². The Bertz CT molecular complexity index is 555. The molecule has 1 amide bonds. The van der Waals surface area contributed by atoms with E-state index in [1.807, 2.05) is 0 Å². The SMILES string of the molecule is O=C1NCc2cc(Br)c(S(=O)(=O)Cl)cc21. The largest absolute Gasteiger partial charge is 0.348 e. The molecule has 0 unspecified atom stereocenters. The van der Waals surface area contributed by atoms with E-state index < -0.39 is 9.05 Å². The van der Waals surface area contributed by atoms with Crippen LogP contribution >= 0.6 is 26.6 Å². The van der Waals surface area contributed by atoms with Gasteiger partial charge in [-0.25, -0.2) is 8.42 Å². The van der Waals surface area contributed by atoms with Crippen LogP contribution in [0.3, 0.4) is 0 Å². The second kappa shape index (κ2) is 3.47. The summed E-state index contributed by atoms with van der Waals surface area (Å²) in [6.45, 7) is 0.412. The molecule has 80 valence electrons. The summed E-state index contributed by atoms with van der Waals surface area (Å²) >= 11 is 3.10. The van der Waals surface area contributed by atoms with Gasteiger partial charge < -0.3 is 5.32 Å². The molecular formula is C8H5BrClNO3S. The third kappa shape index (κ3) is 1.89. The smallest absolute Gasteiger partial charge is 0.262 e. The minimum atomic E-state index is -3.83. The fourth-order valence-corrected chi connectivity index (χ4v) is 3.65. The van der Waals surface area contributed by atoms with Gasteiger partial charge in [-0.1, -0.05) is 0 Å². The van der Waals surface area contributed by atoms with Gasteiger partial charge in [-0.3, -0.25) is 4.79 Å². The Morgan fingerprint density at radius 1 is 1.40 bits per heavy atom. The lowest BCUT2D eigenvalue weighted by Gasteiger charge is -2.02. The molecule has 1 heterocycles. The van der Waals surface area contributed by atoms with Gasteiger partial charge in [-0.15, -0.1) is 0 Å². The Morgan fingerprint density at radius 3 is 2.67 bits per heavy atom. The van der Waals surface area contributed by atoms with Crippen molar-refractivity contribution in [3.8, 4) is 0 Å². The van der Waals surface area contributed by atoms with Crippen molar-refractivity contribution in [2.24, 2.45) is 0 Å². The first kappa shape index (κ1) is 10.9. The lowest BCUT2D eigenvalue weighted by atomic mass is 10.1. The lowest BCUT2D eigenvalue weighted by molar-refractivity contribution is 0.0965. The number of fused-ring (bicyclic) bond motifs is 1. The average Bonchev–Trinajstić information content (AvgIpc) is 2.44. The van der Waals surface area contributed by atoms with Crippen molar-refractivity contribution >= 4 is 41.6 Å². The third-order valence-corrected chi connectivity index (χ3v) is 4.38. The van der Waals surface area contributed by atoms with Crippen molar-refractivity contribution in [1.29, 1.82) is 0 Å². The van der Waals surface area contributed by atoms with Gasteiger partial charge in [0.25, 0.3) is 15.0 Å². The molecule has 0 fully saturated rings. The number of hydrogen-bond acceptors (Lipinski definition) is 3. The second-order valence-electron chi connectivity index (χ2n) is 3.06. The summed E-state index contributed by atoms with van der Waals surface area (Å²) in [6.07, 6.45) is 0. The fraction of sp³-hybridized carbons (Fsp3) is 0.125. The van der Waals surface area contributed by atoms with E-state index in [2.05, 4.69) is 21.2 Å². The van der Waals surface area contributed by atoms with E-state index in [0.29, 0.717) is 16.6 Å². The summed E-state index contributed by atoms with van der Waals surface area (Å²) in [6, 6.07) is 2.87. The molecule has 1 aliphatic heterocycles. The first-order valence-electron chi connectivity index (χ1n) is 3.95. The highest BCUT2D eigenvalue weighted by Gasteiger charge is 2.24. The van der Waals surface area contributed by atoms with Crippen LogP contribution in [0.15, 0.2) is 21.5 Å². The number of carbonyl (C=O) groups excluding carboxylic acids is 1. The molecule has 0 radical (unpaired) electrons. The van der Waals surface area contributed by atoms with Crippen LogP contribution in [-0.4, -0.2) is 14.3 Å². The Hall–Kier alpha value is -0.590. The summed E-state index contributed by atoms with van der Waals surface area (Å²) in [5.41, 5.74) is 1.12. The first-order valence-corrected chi connectivity index (χ1v) is 7.05. The Labute approximate surface area is 99.2 Å². The molecule has 1 aromatic carbocycles. The van der Waals surface area contributed by atoms with Crippen LogP contribution in [0.2, 0.25) is 0 Å². The molecule has 2 rings (SSSR count). The van der Waals surface area contributed by atoms with E-state index in [0.717, 1.165) is 5.56 Å². The molecule has 1 aliphatic rings. The monoisotopic (exact) mass is 309 g/mol. The number of benzene rings is 1. The summed E-state index contributed by atoms with van der Waals surface area (Å²) in [5.74, 6) is -0.279.